The number of carbonyl (C=O) groups is 1. The Morgan fingerprint density at radius 2 is 2.14 bits per heavy atom. The van der Waals surface area contributed by atoms with Gasteiger partial charge in [-0.05, 0) is 35.8 Å². The highest BCUT2D eigenvalue weighted by Gasteiger charge is 2.27. The molecule has 0 N–H and O–H groups in total. The van der Waals surface area contributed by atoms with E-state index in [2.05, 4.69) is 28.1 Å². The van der Waals surface area contributed by atoms with E-state index < -0.39 is 0 Å². The molecule has 0 radical (unpaired) electrons. The Labute approximate surface area is 128 Å². The van der Waals surface area contributed by atoms with Crippen molar-refractivity contribution in [1.82, 2.24) is 9.88 Å². The van der Waals surface area contributed by atoms with Crippen molar-refractivity contribution in [3.63, 3.8) is 0 Å². The lowest BCUT2D eigenvalue weighted by Crippen LogP contribution is -2.32. The smallest absolute Gasteiger partial charge is 0.144 e. The number of pyridine rings is 1. The van der Waals surface area contributed by atoms with E-state index in [-0.39, 0.29) is 6.04 Å². The van der Waals surface area contributed by atoms with Gasteiger partial charge in [0.25, 0.3) is 0 Å². The van der Waals surface area contributed by atoms with Gasteiger partial charge in [-0.2, -0.15) is 0 Å². The predicted octanol–water partition coefficient (Wildman–Crippen LogP) is 3.40. The van der Waals surface area contributed by atoms with Crippen molar-refractivity contribution in [2.75, 3.05) is 6.54 Å². The van der Waals surface area contributed by atoms with Crippen LogP contribution < -0.4 is 0 Å². The fraction of sp³-hybridized carbons (Fsp3) is 0.176. The Morgan fingerprint density at radius 1 is 1.29 bits per heavy atom. The topological polar surface area (TPSA) is 33.2 Å². The van der Waals surface area contributed by atoms with E-state index in [9.17, 15) is 4.79 Å². The van der Waals surface area contributed by atoms with Crippen molar-refractivity contribution in [2.45, 2.75) is 12.5 Å². The van der Waals surface area contributed by atoms with Crippen LogP contribution in [0, 0.1) is 0 Å². The third-order valence-electron chi connectivity index (χ3n) is 3.70. The summed E-state index contributed by atoms with van der Waals surface area (Å²) in [5.74, 6) is 0. The molecule has 0 amide bonds. The standard InChI is InChI=1S/C17H15ClN2O/c18-14-6-8-19-16(12-14)17-15-5-2-1-4-13(15)7-10-20(17)9-3-11-21/h1-6,8-9,11-12,17H,7,10H2. The first-order chi connectivity index (χ1) is 10.3. The second-order valence-electron chi connectivity index (χ2n) is 4.97. The molecule has 3 rings (SSSR count). The van der Waals surface area contributed by atoms with Crippen molar-refractivity contribution in [1.29, 1.82) is 0 Å². The number of nitrogens with zero attached hydrogens (tertiary/aromatic N) is 2. The van der Waals surface area contributed by atoms with Gasteiger partial charge in [-0.3, -0.25) is 9.78 Å². The second-order valence-corrected chi connectivity index (χ2v) is 5.40. The van der Waals surface area contributed by atoms with Gasteiger partial charge < -0.3 is 4.90 Å². The van der Waals surface area contributed by atoms with E-state index in [0.29, 0.717) is 5.02 Å². The van der Waals surface area contributed by atoms with Crippen molar-refractivity contribution < 1.29 is 4.79 Å². The molecule has 0 spiro atoms. The summed E-state index contributed by atoms with van der Waals surface area (Å²) in [5.41, 5.74) is 3.43. The average Bonchev–Trinajstić information content (AvgIpc) is 2.52. The highest BCUT2D eigenvalue weighted by Crippen LogP contribution is 2.34. The molecule has 1 aromatic heterocycles. The van der Waals surface area contributed by atoms with Crippen LogP contribution in [0.15, 0.2) is 54.9 Å². The van der Waals surface area contributed by atoms with Gasteiger partial charge in [0.15, 0.2) is 0 Å². The summed E-state index contributed by atoms with van der Waals surface area (Å²) in [7, 11) is 0. The average molecular weight is 299 g/mol. The Balaban J connectivity index is 2.09. The first-order valence-electron chi connectivity index (χ1n) is 6.86. The number of carbonyl (C=O) groups excluding carboxylic acids is 1. The van der Waals surface area contributed by atoms with Crippen molar-refractivity contribution in [2.24, 2.45) is 0 Å². The number of fused-ring (bicyclic) bond motifs is 1. The molecular weight excluding hydrogens is 284 g/mol. The molecule has 1 aromatic carbocycles. The number of benzene rings is 1. The third-order valence-corrected chi connectivity index (χ3v) is 3.94. The Morgan fingerprint density at radius 3 is 2.95 bits per heavy atom. The van der Waals surface area contributed by atoms with Gasteiger partial charge in [0, 0.05) is 24.0 Å². The number of rotatable bonds is 3. The molecule has 1 aliphatic rings. The quantitative estimate of drug-likeness (QED) is 0.643. The number of aromatic nitrogens is 1. The molecule has 3 nitrogen and oxygen atoms in total. The van der Waals surface area contributed by atoms with Gasteiger partial charge in [-0.1, -0.05) is 35.9 Å². The lowest BCUT2D eigenvalue weighted by Gasteiger charge is -2.36. The van der Waals surface area contributed by atoms with Gasteiger partial charge in [0.2, 0.25) is 0 Å². The lowest BCUT2D eigenvalue weighted by atomic mass is 9.90. The van der Waals surface area contributed by atoms with E-state index in [0.717, 1.165) is 24.9 Å². The predicted molar refractivity (Wildman–Crippen MR) is 83.1 cm³/mol. The zero-order valence-electron chi connectivity index (χ0n) is 11.4. The highest BCUT2D eigenvalue weighted by molar-refractivity contribution is 6.30. The summed E-state index contributed by atoms with van der Waals surface area (Å²) >= 11 is 6.11. The van der Waals surface area contributed by atoms with Gasteiger partial charge in [0.05, 0.1) is 11.7 Å². The molecular formula is C17H15ClN2O. The number of hydrogen-bond acceptors (Lipinski definition) is 3. The molecule has 106 valence electrons. The van der Waals surface area contributed by atoms with E-state index in [1.807, 2.05) is 18.3 Å². The molecule has 2 heterocycles. The minimum absolute atomic E-state index is 0.00940. The lowest BCUT2D eigenvalue weighted by molar-refractivity contribution is -0.104. The van der Waals surface area contributed by atoms with Gasteiger partial charge in [-0.15, -0.1) is 0 Å². The van der Waals surface area contributed by atoms with E-state index in [1.165, 1.54) is 17.2 Å². The minimum Gasteiger partial charge on any atom is -0.364 e. The third kappa shape index (κ3) is 2.83. The number of allylic oxidation sites excluding steroid dienone is 1. The fourth-order valence-electron chi connectivity index (χ4n) is 2.79. The van der Waals surface area contributed by atoms with Crippen LogP contribution in [0.5, 0.6) is 0 Å². The zero-order chi connectivity index (χ0) is 14.7. The summed E-state index contributed by atoms with van der Waals surface area (Å²) in [6.45, 7) is 0.847. The summed E-state index contributed by atoms with van der Waals surface area (Å²) in [6, 6.07) is 12.0. The Kier molecular flexibility index (Phi) is 4.02. The molecule has 4 heteroatoms. The van der Waals surface area contributed by atoms with Crippen LogP contribution in [-0.4, -0.2) is 22.7 Å². The van der Waals surface area contributed by atoms with Crippen molar-refractivity contribution in [3.8, 4) is 0 Å². The Bertz CT molecular complexity index is 684. The monoisotopic (exact) mass is 298 g/mol. The molecule has 21 heavy (non-hydrogen) atoms. The number of halogens is 1. The van der Waals surface area contributed by atoms with Crippen LogP contribution in [0.25, 0.3) is 0 Å². The highest BCUT2D eigenvalue weighted by atomic mass is 35.5. The first-order valence-corrected chi connectivity index (χ1v) is 7.24. The van der Waals surface area contributed by atoms with Gasteiger partial charge in [-0.25, -0.2) is 0 Å². The Hall–Kier alpha value is -2.13. The molecule has 1 aliphatic heterocycles. The van der Waals surface area contributed by atoms with Crippen molar-refractivity contribution >= 4 is 17.9 Å². The van der Waals surface area contributed by atoms with E-state index in [1.54, 1.807) is 12.3 Å². The second kappa shape index (κ2) is 6.10. The molecule has 1 unspecified atom stereocenters. The molecule has 0 saturated heterocycles. The maximum Gasteiger partial charge on any atom is 0.144 e. The van der Waals surface area contributed by atoms with Crippen LogP contribution in [0.3, 0.4) is 0 Å². The van der Waals surface area contributed by atoms with Crippen molar-refractivity contribution in [3.05, 3.63) is 76.7 Å². The minimum atomic E-state index is -0.00940. The number of aldehydes is 1. The first kappa shape index (κ1) is 13.8. The van der Waals surface area contributed by atoms with Crippen LogP contribution in [-0.2, 0) is 11.2 Å². The van der Waals surface area contributed by atoms with E-state index >= 15 is 0 Å². The normalized spacial score (nSPS) is 17.8. The van der Waals surface area contributed by atoms with E-state index in [4.69, 9.17) is 11.6 Å². The largest absolute Gasteiger partial charge is 0.364 e. The fourth-order valence-corrected chi connectivity index (χ4v) is 2.96. The molecule has 0 fully saturated rings. The van der Waals surface area contributed by atoms with Crippen LogP contribution in [0.2, 0.25) is 5.02 Å². The molecule has 2 aromatic rings. The molecule has 1 atom stereocenters. The molecule has 0 bridgehead atoms. The number of hydrogen-bond donors (Lipinski definition) is 0. The molecule has 0 aliphatic carbocycles. The van der Waals surface area contributed by atoms with Crippen LogP contribution in [0.1, 0.15) is 22.9 Å². The summed E-state index contributed by atoms with van der Waals surface area (Å²) in [4.78, 5) is 17.2. The maximum absolute atomic E-state index is 10.6. The van der Waals surface area contributed by atoms with Gasteiger partial charge >= 0.3 is 0 Å². The summed E-state index contributed by atoms with van der Waals surface area (Å²) in [5, 5.41) is 0.669. The SMILES string of the molecule is O=CC=CN1CCc2ccccc2C1c1cc(Cl)ccn1. The summed E-state index contributed by atoms with van der Waals surface area (Å²) in [6.07, 6.45) is 6.82. The molecule has 0 saturated carbocycles. The zero-order valence-corrected chi connectivity index (χ0v) is 12.2. The van der Waals surface area contributed by atoms with Crippen LogP contribution in [0.4, 0.5) is 0 Å². The summed E-state index contributed by atoms with van der Waals surface area (Å²) < 4.78 is 0. The van der Waals surface area contributed by atoms with Gasteiger partial charge in [0.1, 0.15) is 6.29 Å². The maximum atomic E-state index is 10.6. The van der Waals surface area contributed by atoms with Crippen LogP contribution >= 0.6 is 11.6 Å².